The number of amides is 1. The molecule has 0 aromatic carbocycles. The van der Waals surface area contributed by atoms with Crippen molar-refractivity contribution in [1.29, 1.82) is 0 Å². The molecule has 0 unspecified atom stereocenters. The molecule has 4 heteroatoms. The molecular weight excluding hydrogens is 302 g/mol. The van der Waals surface area contributed by atoms with Crippen LogP contribution in [0, 0.1) is 0 Å². The molecule has 0 saturated carbocycles. The van der Waals surface area contributed by atoms with E-state index in [-0.39, 0.29) is 5.91 Å². The fraction of sp³-hybridized carbons (Fsp3) is 0.842. The predicted octanol–water partition coefficient (Wildman–Crippen LogP) is 5.38. The molecule has 0 radical (unpaired) electrons. The van der Waals surface area contributed by atoms with Gasteiger partial charge in [-0.05, 0) is 43.5 Å². The number of hydrogen-bond donors (Lipinski definition) is 0. The van der Waals surface area contributed by atoms with E-state index >= 15 is 0 Å². The summed E-state index contributed by atoms with van der Waals surface area (Å²) in [5, 5.41) is 0.314. The molecule has 0 heterocycles. The zero-order chi connectivity index (χ0) is 17.9. The monoisotopic (exact) mass is 341 g/mol. The fourth-order valence-corrected chi connectivity index (χ4v) is 3.04. The van der Waals surface area contributed by atoms with Crippen molar-refractivity contribution in [1.82, 2.24) is 4.90 Å². The van der Waals surface area contributed by atoms with Gasteiger partial charge in [-0.25, -0.2) is 0 Å². The summed E-state index contributed by atoms with van der Waals surface area (Å²) in [5.41, 5.74) is 0. The lowest BCUT2D eigenvalue weighted by atomic mass is 10.1. The number of allylic oxidation sites excluding steroid dienone is 1. The summed E-state index contributed by atoms with van der Waals surface area (Å²) in [7, 11) is 2.01. The Morgan fingerprint density at radius 3 is 2.04 bits per heavy atom. The van der Waals surface area contributed by atoms with E-state index in [0.717, 1.165) is 13.0 Å². The molecule has 23 heavy (non-hydrogen) atoms. The maximum atomic E-state index is 11.3. The second kappa shape index (κ2) is 11.0. The van der Waals surface area contributed by atoms with Crippen molar-refractivity contribution in [3.63, 3.8) is 0 Å². The number of carbonyl (C=O) groups is 1. The Morgan fingerprint density at radius 2 is 1.52 bits per heavy atom. The highest BCUT2D eigenvalue weighted by molar-refractivity contribution is 6.74. The van der Waals surface area contributed by atoms with Gasteiger partial charge in [0.05, 0.1) is 0 Å². The smallest absolute Gasteiger partial charge is 0.245 e. The Bertz CT molecular complexity index is 357. The first-order valence-electron chi connectivity index (χ1n) is 9.10. The number of hydrogen-bond acceptors (Lipinski definition) is 2. The van der Waals surface area contributed by atoms with E-state index in [2.05, 4.69) is 33.9 Å². The van der Waals surface area contributed by atoms with Crippen molar-refractivity contribution in [3.8, 4) is 0 Å². The first kappa shape index (κ1) is 22.4. The van der Waals surface area contributed by atoms with E-state index in [1.165, 1.54) is 38.5 Å². The molecule has 0 aliphatic carbocycles. The largest absolute Gasteiger partial charge is 0.417 e. The lowest BCUT2D eigenvalue weighted by Gasteiger charge is -2.36. The van der Waals surface area contributed by atoms with Crippen LogP contribution in [-0.2, 0) is 9.22 Å². The molecule has 0 aromatic heterocycles. The van der Waals surface area contributed by atoms with Gasteiger partial charge in [0.25, 0.3) is 0 Å². The van der Waals surface area contributed by atoms with Gasteiger partial charge in [0.15, 0.2) is 8.32 Å². The van der Waals surface area contributed by atoms with Crippen LogP contribution in [0.2, 0.25) is 18.1 Å². The topological polar surface area (TPSA) is 29.5 Å². The molecule has 0 aliphatic heterocycles. The number of nitrogens with zero attached hydrogens (tertiary/aromatic N) is 1. The fourth-order valence-electron chi connectivity index (χ4n) is 1.95. The molecular formula is C19H39NO2Si. The first-order valence-corrected chi connectivity index (χ1v) is 12.0. The van der Waals surface area contributed by atoms with E-state index < -0.39 is 8.32 Å². The minimum Gasteiger partial charge on any atom is -0.417 e. The van der Waals surface area contributed by atoms with E-state index in [9.17, 15) is 4.79 Å². The molecule has 0 spiro atoms. The van der Waals surface area contributed by atoms with Crippen LogP contribution in [0.25, 0.3) is 0 Å². The lowest BCUT2D eigenvalue weighted by Crippen LogP contribution is -2.40. The molecule has 0 rings (SSSR count). The van der Waals surface area contributed by atoms with Gasteiger partial charge in [0, 0.05) is 20.7 Å². The quantitative estimate of drug-likeness (QED) is 0.287. The summed E-state index contributed by atoms with van der Waals surface area (Å²) in [6.07, 6.45) is 12.1. The molecule has 0 aliphatic rings. The van der Waals surface area contributed by atoms with Gasteiger partial charge in [-0.15, -0.1) is 0 Å². The third-order valence-corrected chi connectivity index (χ3v) is 9.27. The standard InChI is InChI=1S/C19H39NO2Si/c1-19(2,3)23(6,7)22-17-15-13-11-9-8-10-12-14-16-18(21)20(4)5/h14,16H,8-13,15,17H2,1-7H3/b16-14+. The van der Waals surface area contributed by atoms with Gasteiger partial charge in [-0.1, -0.05) is 52.5 Å². The molecule has 0 saturated heterocycles. The Balaban J connectivity index is 3.50. The van der Waals surface area contributed by atoms with Gasteiger partial charge in [-0.2, -0.15) is 0 Å². The second-order valence-electron chi connectivity index (χ2n) is 8.15. The molecule has 0 fully saturated rings. The van der Waals surface area contributed by atoms with Crippen LogP contribution in [0.3, 0.4) is 0 Å². The van der Waals surface area contributed by atoms with Gasteiger partial charge >= 0.3 is 0 Å². The van der Waals surface area contributed by atoms with Crippen LogP contribution in [-0.4, -0.2) is 39.8 Å². The average Bonchev–Trinajstić information content (AvgIpc) is 2.42. The third kappa shape index (κ3) is 10.7. The van der Waals surface area contributed by atoms with Crippen LogP contribution < -0.4 is 0 Å². The summed E-state index contributed by atoms with van der Waals surface area (Å²) in [4.78, 5) is 12.9. The maximum absolute atomic E-state index is 11.3. The lowest BCUT2D eigenvalue weighted by molar-refractivity contribution is -0.123. The molecule has 1 amide bonds. The Kier molecular flexibility index (Phi) is 10.7. The summed E-state index contributed by atoms with van der Waals surface area (Å²) >= 11 is 0. The van der Waals surface area contributed by atoms with E-state index in [1.807, 2.05) is 6.08 Å². The van der Waals surface area contributed by atoms with E-state index in [1.54, 1.807) is 25.1 Å². The Hall–Kier alpha value is -0.613. The van der Waals surface area contributed by atoms with Crippen molar-refractivity contribution >= 4 is 14.2 Å². The average molecular weight is 342 g/mol. The molecule has 3 nitrogen and oxygen atoms in total. The number of likely N-dealkylation sites (N-methyl/N-ethyl adjacent to an activating group) is 1. The number of carbonyl (C=O) groups excluding carboxylic acids is 1. The first-order chi connectivity index (χ1) is 10.6. The van der Waals surface area contributed by atoms with E-state index in [4.69, 9.17) is 4.43 Å². The van der Waals surface area contributed by atoms with Gasteiger partial charge in [-0.3, -0.25) is 4.79 Å². The van der Waals surface area contributed by atoms with Crippen molar-refractivity contribution in [2.24, 2.45) is 0 Å². The van der Waals surface area contributed by atoms with Crippen LogP contribution in [0.5, 0.6) is 0 Å². The Morgan fingerprint density at radius 1 is 1.00 bits per heavy atom. The summed E-state index contributed by atoms with van der Waals surface area (Å²) in [6, 6.07) is 0. The van der Waals surface area contributed by atoms with Gasteiger partial charge in [0.2, 0.25) is 5.91 Å². The van der Waals surface area contributed by atoms with E-state index in [0.29, 0.717) is 5.04 Å². The molecule has 0 N–H and O–H groups in total. The summed E-state index contributed by atoms with van der Waals surface area (Å²) in [5.74, 6) is 0.0757. The highest BCUT2D eigenvalue weighted by Gasteiger charge is 2.36. The number of rotatable bonds is 11. The maximum Gasteiger partial charge on any atom is 0.245 e. The zero-order valence-corrected chi connectivity index (χ0v) is 17.6. The Labute approximate surface area is 145 Å². The van der Waals surface area contributed by atoms with Gasteiger partial charge in [0.1, 0.15) is 0 Å². The van der Waals surface area contributed by atoms with Crippen LogP contribution in [0.15, 0.2) is 12.2 Å². The number of unbranched alkanes of at least 4 members (excludes halogenated alkanes) is 6. The zero-order valence-electron chi connectivity index (χ0n) is 16.6. The normalized spacial score (nSPS) is 12.8. The molecule has 0 aromatic rings. The van der Waals surface area contributed by atoms with Crippen molar-refractivity contribution < 1.29 is 9.22 Å². The van der Waals surface area contributed by atoms with Crippen molar-refractivity contribution in [2.45, 2.75) is 83.8 Å². The summed E-state index contributed by atoms with van der Waals surface area (Å²) in [6.45, 7) is 12.4. The second-order valence-corrected chi connectivity index (χ2v) is 13.0. The molecule has 0 atom stereocenters. The van der Waals surface area contributed by atoms with Crippen molar-refractivity contribution in [2.75, 3.05) is 20.7 Å². The van der Waals surface area contributed by atoms with Gasteiger partial charge < -0.3 is 9.33 Å². The SMILES string of the molecule is CN(C)C(=O)/C=C/CCCCCCCCO[Si](C)(C)C(C)(C)C. The van der Waals surface area contributed by atoms with Crippen LogP contribution in [0.1, 0.15) is 65.7 Å². The minimum atomic E-state index is -1.55. The van der Waals surface area contributed by atoms with Crippen molar-refractivity contribution in [3.05, 3.63) is 12.2 Å². The summed E-state index contributed by atoms with van der Waals surface area (Å²) < 4.78 is 6.19. The molecule has 0 bridgehead atoms. The minimum absolute atomic E-state index is 0.0757. The predicted molar refractivity (Wildman–Crippen MR) is 103 cm³/mol. The highest BCUT2D eigenvalue weighted by Crippen LogP contribution is 2.36. The third-order valence-electron chi connectivity index (χ3n) is 4.74. The highest BCUT2D eigenvalue weighted by atomic mass is 28.4. The molecule has 136 valence electrons. The van der Waals surface area contributed by atoms with Crippen LogP contribution in [0.4, 0.5) is 0 Å². The van der Waals surface area contributed by atoms with Crippen LogP contribution >= 0.6 is 0 Å².